The second kappa shape index (κ2) is 8.49. The summed E-state index contributed by atoms with van der Waals surface area (Å²) in [5.74, 6) is 0.817. The Bertz CT molecular complexity index is 652. The molecule has 0 aliphatic rings. The molecule has 130 valence electrons. The predicted octanol–water partition coefficient (Wildman–Crippen LogP) is 2.23. The highest BCUT2D eigenvalue weighted by molar-refractivity contribution is 5.94. The Morgan fingerprint density at radius 3 is 2.62 bits per heavy atom. The second-order valence-electron chi connectivity index (χ2n) is 6.38. The van der Waals surface area contributed by atoms with E-state index in [0.717, 1.165) is 5.69 Å². The zero-order chi connectivity index (χ0) is 17.5. The first kappa shape index (κ1) is 18.0. The maximum absolute atomic E-state index is 12.5. The molecule has 1 aromatic heterocycles. The molecule has 0 bridgehead atoms. The molecule has 0 saturated heterocycles. The Balaban J connectivity index is 2.23. The molecule has 0 saturated carbocycles. The number of rotatable bonds is 8. The van der Waals surface area contributed by atoms with Crippen LogP contribution in [0.15, 0.2) is 36.5 Å². The molecule has 3 N–H and O–H groups in total. The number of amides is 1. The van der Waals surface area contributed by atoms with Crippen molar-refractivity contribution in [2.24, 2.45) is 17.6 Å². The maximum atomic E-state index is 12.5. The molecular weight excluding hydrogens is 304 g/mol. The van der Waals surface area contributed by atoms with Crippen molar-refractivity contribution < 1.29 is 9.53 Å². The van der Waals surface area contributed by atoms with Gasteiger partial charge in [0.15, 0.2) is 11.4 Å². The van der Waals surface area contributed by atoms with E-state index in [1.165, 1.54) is 0 Å². The summed E-state index contributed by atoms with van der Waals surface area (Å²) in [6.45, 7) is 7.67. The monoisotopic (exact) mass is 330 g/mol. The van der Waals surface area contributed by atoms with Crippen LogP contribution in [0.1, 0.15) is 31.3 Å². The van der Waals surface area contributed by atoms with Crippen LogP contribution in [0, 0.1) is 11.8 Å². The highest BCUT2D eigenvalue weighted by Gasteiger charge is 2.19. The van der Waals surface area contributed by atoms with Crippen LogP contribution in [0.5, 0.6) is 5.75 Å². The summed E-state index contributed by atoms with van der Waals surface area (Å²) >= 11 is 0. The quantitative estimate of drug-likeness (QED) is 0.777. The normalized spacial score (nSPS) is 12.2. The largest absolute Gasteiger partial charge is 0.489 e. The average Bonchev–Trinajstić information content (AvgIpc) is 3.02. The zero-order valence-corrected chi connectivity index (χ0v) is 14.5. The summed E-state index contributed by atoms with van der Waals surface area (Å²) in [6.07, 6.45) is 1.75. The van der Waals surface area contributed by atoms with E-state index in [1.54, 1.807) is 10.9 Å². The number of hydrogen-bond acceptors (Lipinski definition) is 4. The summed E-state index contributed by atoms with van der Waals surface area (Å²) in [4.78, 5) is 12.5. The van der Waals surface area contributed by atoms with Gasteiger partial charge < -0.3 is 15.8 Å². The fraction of sp³-hybridized carbons (Fsp3) is 0.444. The summed E-state index contributed by atoms with van der Waals surface area (Å²) in [7, 11) is 0. The summed E-state index contributed by atoms with van der Waals surface area (Å²) in [5.41, 5.74) is 6.76. The number of carbonyl (C=O) groups excluding carboxylic acids is 1. The number of benzene rings is 1. The van der Waals surface area contributed by atoms with E-state index in [-0.39, 0.29) is 11.8 Å². The highest BCUT2D eigenvalue weighted by atomic mass is 16.5. The number of para-hydroxylation sites is 1. The summed E-state index contributed by atoms with van der Waals surface area (Å²) in [5, 5.41) is 7.28. The van der Waals surface area contributed by atoms with Crippen molar-refractivity contribution in [3.63, 3.8) is 0 Å². The van der Waals surface area contributed by atoms with Gasteiger partial charge in [0.1, 0.15) is 0 Å². The minimum absolute atomic E-state index is 0.213. The van der Waals surface area contributed by atoms with Crippen molar-refractivity contribution in [3.8, 4) is 11.4 Å². The van der Waals surface area contributed by atoms with E-state index >= 15 is 0 Å². The first-order valence-electron chi connectivity index (χ1n) is 8.27. The molecular formula is C18H26N4O2. The minimum atomic E-state index is -0.247. The van der Waals surface area contributed by atoms with Gasteiger partial charge in [0.2, 0.25) is 0 Å². The van der Waals surface area contributed by atoms with Crippen molar-refractivity contribution in [2.45, 2.75) is 20.8 Å². The SMILES string of the molecule is CC(C)COc1cn(-c2ccccc2)nc1C(=O)NCC(C)CN. The van der Waals surface area contributed by atoms with Gasteiger partial charge in [-0.2, -0.15) is 5.10 Å². The number of ether oxygens (including phenoxy) is 1. The standard InChI is InChI=1S/C18H26N4O2/c1-13(2)12-24-16-11-22(15-7-5-4-6-8-15)21-17(16)18(23)20-10-14(3)9-19/h4-8,11,13-14H,9-10,12,19H2,1-3H3,(H,20,23). The van der Waals surface area contributed by atoms with Crippen molar-refractivity contribution >= 4 is 5.91 Å². The van der Waals surface area contributed by atoms with Crippen molar-refractivity contribution in [1.82, 2.24) is 15.1 Å². The van der Waals surface area contributed by atoms with E-state index < -0.39 is 0 Å². The maximum Gasteiger partial charge on any atom is 0.275 e. The molecule has 1 atom stereocenters. The van der Waals surface area contributed by atoms with Gasteiger partial charge in [-0.3, -0.25) is 4.79 Å². The molecule has 1 unspecified atom stereocenters. The third-order valence-electron chi connectivity index (χ3n) is 3.50. The molecule has 24 heavy (non-hydrogen) atoms. The van der Waals surface area contributed by atoms with Gasteiger partial charge in [-0.1, -0.05) is 39.0 Å². The Labute approximate surface area is 143 Å². The van der Waals surface area contributed by atoms with Crippen LogP contribution in [0.4, 0.5) is 0 Å². The lowest BCUT2D eigenvalue weighted by Crippen LogP contribution is -2.31. The molecule has 1 amide bonds. The zero-order valence-electron chi connectivity index (χ0n) is 14.5. The van der Waals surface area contributed by atoms with Gasteiger partial charge in [0, 0.05) is 6.54 Å². The molecule has 1 aromatic carbocycles. The van der Waals surface area contributed by atoms with Crippen LogP contribution >= 0.6 is 0 Å². The van der Waals surface area contributed by atoms with Gasteiger partial charge in [0.05, 0.1) is 18.5 Å². The number of nitrogens with one attached hydrogen (secondary N) is 1. The molecule has 0 radical (unpaired) electrons. The van der Waals surface area contributed by atoms with Crippen LogP contribution in [0.2, 0.25) is 0 Å². The number of hydrogen-bond donors (Lipinski definition) is 2. The Morgan fingerprint density at radius 2 is 2.00 bits per heavy atom. The molecule has 0 aliphatic carbocycles. The van der Waals surface area contributed by atoms with Gasteiger partial charge in [0.25, 0.3) is 5.91 Å². The van der Waals surface area contributed by atoms with Gasteiger partial charge in [-0.05, 0) is 30.5 Å². The third-order valence-corrected chi connectivity index (χ3v) is 3.50. The number of nitrogens with zero attached hydrogens (tertiary/aromatic N) is 2. The topological polar surface area (TPSA) is 82.2 Å². The molecule has 0 aliphatic heterocycles. The number of aromatic nitrogens is 2. The van der Waals surface area contributed by atoms with Crippen LogP contribution in [0.25, 0.3) is 5.69 Å². The van der Waals surface area contributed by atoms with E-state index in [0.29, 0.717) is 37.1 Å². The summed E-state index contributed by atoms with van der Waals surface area (Å²) < 4.78 is 7.45. The fourth-order valence-corrected chi connectivity index (χ4v) is 2.02. The molecule has 2 aromatic rings. The van der Waals surface area contributed by atoms with Gasteiger partial charge in [-0.15, -0.1) is 0 Å². The Kier molecular flexibility index (Phi) is 6.37. The van der Waals surface area contributed by atoms with E-state index in [4.69, 9.17) is 10.5 Å². The molecule has 2 rings (SSSR count). The van der Waals surface area contributed by atoms with E-state index in [9.17, 15) is 4.79 Å². The molecule has 6 heteroatoms. The van der Waals surface area contributed by atoms with Gasteiger partial charge >= 0.3 is 0 Å². The smallest absolute Gasteiger partial charge is 0.275 e. The Hall–Kier alpha value is -2.34. The average molecular weight is 330 g/mol. The summed E-state index contributed by atoms with van der Waals surface area (Å²) in [6, 6.07) is 9.64. The molecule has 6 nitrogen and oxygen atoms in total. The third kappa shape index (κ3) is 4.83. The Morgan fingerprint density at radius 1 is 1.29 bits per heavy atom. The number of carbonyl (C=O) groups is 1. The first-order chi connectivity index (χ1) is 11.5. The lowest BCUT2D eigenvalue weighted by molar-refractivity contribution is 0.0938. The first-order valence-corrected chi connectivity index (χ1v) is 8.27. The van der Waals surface area contributed by atoms with E-state index in [1.807, 2.05) is 37.3 Å². The second-order valence-corrected chi connectivity index (χ2v) is 6.38. The molecule has 0 fully saturated rings. The number of nitrogens with two attached hydrogens (primary N) is 1. The van der Waals surface area contributed by atoms with Crippen LogP contribution in [-0.2, 0) is 0 Å². The van der Waals surface area contributed by atoms with Crippen LogP contribution in [-0.4, -0.2) is 35.4 Å². The van der Waals surface area contributed by atoms with Crippen LogP contribution < -0.4 is 15.8 Å². The van der Waals surface area contributed by atoms with E-state index in [2.05, 4.69) is 24.3 Å². The molecule has 0 spiro atoms. The predicted molar refractivity (Wildman–Crippen MR) is 94.4 cm³/mol. The van der Waals surface area contributed by atoms with Crippen molar-refractivity contribution in [1.29, 1.82) is 0 Å². The molecule has 1 heterocycles. The van der Waals surface area contributed by atoms with Crippen molar-refractivity contribution in [3.05, 3.63) is 42.2 Å². The van der Waals surface area contributed by atoms with Crippen molar-refractivity contribution in [2.75, 3.05) is 19.7 Å². The lowest BCUT2D eigenvalue weighted by atomic mass is 10.2. The lowest BCUT2D eigenvalue weighted by Gasteiger charge is -2.10. The fourth-order valence-electron chi connectivity index (χ4n) is 2.02. The minimum Gasteiger partial charge on any atom is -0.489 e. The highest BCUT2D eigenvalue weighted by Crippen LogP contribution is 2.20. The van der Waals surface area contributed by atoms with Crippen LogP contribution in [0.3, 0.4) is 0 Å². The van der Waals surface area contributed by atoms with Gasteiger partial charge in [-0.25, -0.2) is 4.68 Å².